The summed E-state index contributed by atoms with van der Waals surface area (Å²) < 4.78 is 2.17. The molecule has 0 saturated carbocycles. The first kappa shape index (κ1) is 13.6. The monoisotopic (exact) mass is 324 g/mol. The van der Waals surface area contributed by atoms with Crippen LogP contribution in [0.1, 0.15) is 11.4 Å². The number of nitrogens with zero attached hydrogens (tertiary/aromatic N) is 4. The molecule has 0 aliphatic carbocycles. The first-order valence-corrected chi connectivity index (χ1v) is 6.40. The van der Waals surface area contributed by atoms with E-state index in [-0.39, 0.29) is 12.5 Å². The van der Waals surface area contributed by atoms with Gasteiger partial charge < -0.3 is 11.1 Å². The summed E-state index contributed by atoms with van der Waals surface area (Å²) in [7, 11) is 0. The van der Waals surface area contributed by atoms with Gasteiger partial charge in [-0.3, -0.25) is 4.79 Å². The van der Waals surface area contributed by atoms with Gasteiger partial charge in [-0.15, -0.1) is 5.10 Å². The number of pyridine rings is 1. The number of hydrogen-bond donors (Lipinski definition) is 2. The molecule has 0 aliphatic rings. The summed E-state index contributed by atoms with van der Waals surface area (Å²) in [5.41, 5.74) is 7.48. The number of anilines is 1. The predicted octanol–water partition coefficient (Wildman–Crippen LogP) is 0.841. The van der Waals surface area contributed by atoms with Crippen LogP contribution in [0.4, 0.5) is 5.69 Å². The number of nitrogens with two attached hydrogens (primary N) is 1. The Balaban J connectivity index is 2.01. The number of amides is 1. The lowest BCUT2D eigenvalue weighted by molar-refractivity contribution is -0.116. The van der Waals surface area contributed by atoms with Crippen molar-refractivity contribution in [3.63, 3.8) is 0 Å². The van der Waals surface area contributed by atoms with Crippen LogP contribution < -0.4 is 11.1 Å². The highest BCUT2D eigenvalue weighted by molar-refractivity contribution is 9.10. The molecule has 2 heterocycles. The number of nitrogens with one attached hydrogen (secondary N) is 1. The van der Waals surface area contributed by atoms with Crippen molar-refractivity contribution in [3.05, 3.63) is 34.3 Å². The Morgan fingerprint density at radius 2 is 2.32 bits per heavy atom. The van der Waals surface area contributed by atoms with Crippen molar-refractivity contribution in [2.45, 2.75) is 20.0 Å². The molecule has 0 spiro atoms. The molecule has 0 atom stereocenters. The second-order valence-electron chi connectivity index (χ2n) is 3.93. The summed E-state index contributed by atoms with van der Waals surface area (Å²) >= 11 is 3.27. The van der Waals surface area contributed by atoms with Crippen molar-refractivity contribution < 1.29 is 4.79 Å². The molecule has 0 saturated heterocycles. The van der Waals surface area contributed by atoms with E-state index in [0.717, 1.165) is 10.3 Å². The second kappa shape index (κ2) is 5.89. The molecule has 0 unspecified atom stereocenters. The number of aryl methyl sites for hydroxylation is 1. The maximum atomic E-state index is 11.8. The molecule has 2 rings (SSSR count). The minimum absolute atomic E-state index is 0.0858. The fraction of sp³-hybridized carbons (Fsp3) is 0.273. The van der Waals surface area contributed by atoms with Gasteiger partial charge in [0.1, 0.15) is 11.1 Å². The predicted molar refractivity (Wildman–Crippen MR) is 73.2 cm³/mol. The van der Waals surface area contributed by atoms with Crippen LogP contribution in [0.2, 0.25) is 0 Å². The Morgan fingerprint density at radius 3 is 2.95 bits per heavy atom. The van der Waals surface area contributed by atoms with Gasteiger partial charge in [0.25, 0.3) is 0 Å². The first-order valence-electron chi connectivity index (χ1n) is 5.60. The van der Waals surface area contributed by atoms with E-state index in [1.54, 1.807) is 18.3 Å². The lowest BCUT2D eigenvalue weighted by Gasteiger charge is -2.07. The van der Waals surface area contributed by atoms with Crippen molar-refractivity contribution >= 4 is 27.5 Å². The van der Waals surface area contributed by atoms with E-state index in [1.165, 1.54) is 4.68 Å². The van der Waals surface area contributed by atoms with E-state index >= 15 is 0 Å². The molecule has 0 aromatic carbocycles. The summed E-state index contributed by atoms with van der Waals surface area (Å²) in [4.78, 5) is 16.0. The smallest absolute Gasteiger partial charge is 0.246 e. The summed E-state index contributed by atoms with van der Waals surface area (Å²) in [6, 6.07) is 3.56. The van der Waals surface area contributed by atoms with Crippen LogP contribution in [-0.2, 0) is 17.9 Å². The van der Waals surface area contributed by atoms with E-state index in [0.29, 0.717) is 17.9 Å². The Labute approximate surface area is 118 Å². The van der Waals surface area contributed by atoms with Gasteiger partial charge in [-0.1, -0.05) is 5.21 Å². The van der Waals surface area contributed by atoms with Crippen molar-refractivity contribution in [1.82, 2.24) is 20.0 Å². The Hall–Kier alpha value is -1.80. The van der Waals surface area contributed by atoms with Crippen LogP contribution in [0.5, 0.6) is 0 Å². The van der Waals surface area contributed by atoms with Gasteiger partial charge in [-0.2, -0.15) is 0 Å². The molecule has 100 valence electrons. The van der Waals surface area contributed by atoms with Crippen molar-refractivity contribution in [2.24, 2.45) is 5.73 Å². The van der Waals surface area contributed by atoms with Gasteiger partial charge in [0.2, 0.25) is 5.91 Å². The topological polar surface area (TPSA) is 98.7 Å². The van der Waals surface area contributed by atoms with E-state index < -0.39 is 0 Å². The standard InChI is InChI=1S/C11H13BrN6O/c1-7-9(2-3-10(12)14-7)15-11(19)6-18-5-8(4-13)16-17-18/h2-3,5H,4,6,13H2,1H3,(H,15,19). The Bertz CT molecular complexity index is 597. The quantitative estimate of drug-likeness (QED) is 0.812. The minimum Gasteiger partial charge on any atom is -0.325 e. The molecule has 0 aliphatic heterocycles. The van der Waals surface area contributed by atoms with Gasteiger partial charge in [0.15, 0.2) is 0 Å². The van der Waals surface area contributed by atoms with E-state index in [2.05, 4.69) is 36.5 Å². The summed E-state index contributed by atoms with van der Waals surface area (Å²) in [6.07, 6.45) is 1.65. The lowest BCUT2D eigenvalue weighted by atomic mass is 10.3. The molecule has 19 heavy (non-hydrogen) atoms. The van der Waals surface area contributed by atoms with E-state index in [9.17, 15) is 4.79 Å². The molecule has 2 aromatic heterocycles. The average molecular weight is 325 g/mol. The normalized spacial score (nSPS) is 10.5. The average Bonchev–Trinajstić information content (AvgIpc) is 2.80. The Morgan fingerprint density at radius 1 is 1.53 bits per heavy atom. The molecule has 0 fully saturated rings. The number of carbonyl (C=O) groups is 1. The Kier molecular flexibility index (Phi) is 4.23. The third-order valence-corrected chi connectivity index (χ3v) is 2.87. The number of aromatic nitrogens is 4. The maximum Gasteiger partial charge on any atom is 0.246 e. The lowest BCUT2D eigenvalue weighted by Crippen LogP contribution is -2.19. The second-order valence-corrected chi connectivity index (χ2v) is 4.74. The number of hydrogen-bond acceptors (Lipinski definition) is 5. The minimum atomic E-state index is -0.194. The van der Waals surface area contributed by atoms with Gasteiger partial charge in [-0.05, 0) is 35.0 Å². The molecule has 1 amide bonds. The van der Waals surface area contributed by atoms with E-state index in [1.807, 2.05) is 6.92 Å². The van der Waals surface area contributed by atoms with Gasteiger partial charge in [-0.25, -0.2) is 9.67 Å². The first-order chi connectivity index (χ1) is 9.08. The zero-order valence-corrected chi connectivity index (χ0v) is 11.9. The summed E-state index contributed by atoms with van der Waals surface area (Å²) in [5, 5.41) is 10.4. The third-order valence-electron chi connectivity index (χ3n) is 2.43. The number of halogens is 1. The molecular weight excluding hydrogens is 312 g/mol. The maximum absolute atomic E-state index is 11.8. The summed E-state index contributed by atoms with van der Waals surface area (Å²) in [6.45, 7) is 2.21. The molecule has 2 aromatic rings. The molecule has 3 N–H and O–H groups in total. The molecule has 0 radical (unpaired) electrons. The van der Waals surface area contributed by atoms with Gasteiger partial charge >= 0.3 is 0 Å². The van der Waals surface area contributed by atoms with Crippen LogP contribution >= 0.6 is 15.9 Å². The number of rotatable bonds is 4. The fourth-order valence-corrected chi connectivity index (χ4v) is 1.91. The van der Waals surface area contributed by atoms with Crippen LogP contribution in [0.15, 0.2) is 22.9 Å². The van der Waals surface area contributed by atoms with Crippen LogP contribution in [-0.4, -0.2) is 25.9 Å². The van der Waals surface area contributed by atoms with Gasteiger partial charge in [0.05, 0.1) is 23.3 Å². The highest BCUT2D eigenvalue weighted by atomic mass is 79.9. The highest BCUT2D eigenvalue weighted by Crippen LogP contribution is 2.15. The van der Waals surface area contributed by atoms with Crippen molar-refractivity contribution in [2.75, 3.05) is 5.32 Å². The largest absolute Gasteiger partial charge is 0.325 e. The van der Waals surface area contributed by atoms with E-state index in [4.69, 9.17) is 5.73 Å². The zero-order valence-electron chi connectivity index (χ0n) is 10.3. The highest BCUT2D eigenvalue weighted by Gasteiger charge is 2.08. The fourth-order valence-electron chi connectivity index (χ4n) is 1.51. The molecule has 8 heteroatoms. The SMILES string of the molecule is Cc1nc(Br)ccc1NC(=O)Cn1cc(CN)nn1. The molecule has 7 nitrogen and oxygen atoms in total. The number of carbonyl (C=O) groups excluding carboxylic acids is 1. The molecule has 0 bridgehead atoms. The zero-order chi connectivity index (χ0) is 13.8. The molecular formula is C11H13BrN6O. The van der Waals surface area contributed by atoms with Crippen LogP contribution in [0.25, 0.3) is 0 Å². The van der Waals surface area contributed by atoms with Crippen molar-refractivity contribution in [3.8, 4) is 0 Å². The summed E-state index contributed by atoms with van der Waals surface area (Å²) in [5.74, 6) is -0.194. The van der Waals surface area contributed by atoms with Crippen molar-refractivity contribution in [1.29, 1.82) is 0 Å². The van der Waals surface area contributed by atoms with Crippen LogP contribution in [0.3, 0.4) is 0 Å². The van der Waals surface area contributed by atoms with Gasteiger partial charge in [0, 0.05) is 6.54 Å². The third kappa shape index (κ3) is 3.58. The van der Waals surface area contributed by atoms with Crippen LogP contribution in [0, 0.1) is 6.92 Å².